The van der Waals surface area contributed by atoms with Crippen molar-refractivity contribution < 1.29 is 48.2 Å². The molecule has 6 nitrogen and oxygen atoms in total. The first-order valence-electron chi connectivity index (χ1n) is 17.9. The van der Waals surface area contributed by atoms with E-state index in [-0.39, 0.29) is 21.7 Å². The fourth-order valence-corrected chi connectivity index (χ4v) is 17.7. The fourth-order valence-electron chi connectivity index (χ4n) is 4.89. The van der Waals surface area contributed by atoms with Crippen LogP contribution in [0.1, 0.15) is 105 Å². The Bertz CT molecular complexity index is 1920. The van der Waals surface area contributed by atoms with Gasteiger partial charge in [0.1, 0.15) is 0 Å². The Morgan fingerprint density at radius 1 is 0.345 bits per heavy atom. The summed E-state index contributed by atoms with van der Waals surface area (Å²) in [6.07, 6.45) is 0. The molecular formula is C42H52F6I2O6S2. The molecule has 0 aliphatic carbocycles. The van der Waals surface area contributed by atoms with Crippen molar-refractivity contribution in [1.82, 2.24) is 0 Å². The van der Waals surface area contributed by atoms with E-state index in [0.717, 1.165) is 22.3 Å². The van der Waals surface area contributed by atoms with Crippen molar-refractivity contribution in [1.29, 1.82) is 0 Å². The van der Waals surface area contributed by atoms with Crippen molar-refractivity contribution in [2.24, 2.45) is 0 Å². The molecule has 324 valence electrons. The molecule has 0 aromatic heterocycles. The van der Waals surface area contributed by atoms with Crippen LogP contribution in [0, 0.1) is 14.3 Å². The van der Waals surface area contributed by atoms with Crippen molar-refractivity contribution in [2.45, 2.75) is 116 Å². The van der Waals surface area contributed by atoms with E-state index in [4.69, 9.17) is 5.03 Å². The second kappa shape index (κ2) is 18.0. The van der Waals surface area contributed by atoms with Gasteiger partial charge in [-0.05, 0) is 0 Å². The Morgan fingerprint density at radius 3 is 0.621 bits per heavy atom. The van der Waals surface area contributed by atoms with Crippen LogP contribution in [-0.2, 0) is 46.9 Å². The minimum absolute atomic E-state index is 0.134. The standard InChI is InChI=1S/2C21H26F3IO3S/c2*1-19(2,3)15-7-11-17(12-8-15)25(28-29(26,27)21(22,23)24)18-13-9-16(10-14-18)20(4,5)6/h2*7-14H,1-6H3. The van der Waals surface area contributed by atoms with E-state index in [1.54, 1.807) is 48.5 Å². The third kappa shape index (κ3) is 13.4. The van der Waals surface area contributed by atoms with Crippen LogP contribution in [0.25, 0.3) is 0 Å². The molecule has 4 aromatic rings. The predicted molar refractivity (Wildman–Crippen MR) is 236 cm³/mol. The van der Waals surface area contributed by atoms with Crippen LogP contribution in [-0.4, -0.2) is 27.9 Å². The zero-order chi connectivity index (χ0) is 44.5. The Balaban J connectivity index is 0.000000310. The molecule has 0 unspecified atom stereocenters. The van der Waals surface area contributed by atoms with E-state index >= 15 is 0 Å². The van der Waals surface area contributed by atoms with Gasteiger partial charge in [-0.2, -0.15) is 0 Å². The summed E-state index contributed by atoms with van der Waals surface area (Å²) in [6, 6.07) is 27.9. The molecule has 0 bridgehead atoms. The third-order valence-corrected chi connectivity index (χ3v) is 22.6. The van der Waals surface area contributed by atoms with Gasteiger partial charge in [0.15, 0.2) is 0 Å². The number of hydrogen-bond acceptors (Lipinski definition) is 6. The summed E-state index contributed by atoms with van der Waals surface area (Å²) in [6.45, 7) is 24.3. The van der Waals surface area contributed by atoms with Crippen LogP contribution in [0.4, 0.5) is 26.3 Å². The SMILES string of the molecule is CC(C)(C)c1ccc(I(OS(=O)(=O)C(F)(F)F)c2ccc(C(C)(C)C)cc2)cc1.CC(C)(C)c1ccc(I(OS(=O)(=O)C(F)(F)F)c2ccc(C(C)(C)C)cc2)cc1. The molecule has 0 atom stereocenters. The monoisotopic (exact) mass is 1080 g/mol. The first-order valence-corrected chi connectivity index (χ1v) is 26.8. The van der Waals surface area contributed by atoms with Crippen LogP contribution < -0.4 is 0 Å². The molecular weight excluding hydrogens is 1030 g/mol. The molecule has 4 aromatic carbocycles. The summed E-state index contributed by atoms with van der Waals surface area (Å²) in [4.78, 5) is 0. The molecule has 0 fully saturated rings. The molecule has 58 heavy (non-hydrogen) atoms. The number of benzene rings is 4. The summed E-state index contributed by atoms with van der Waals surface area (Å²) in [5, 5.41) is 0. The zero-order valence-corrected chi connectivity index (χ0v) is 40.5. The fraction of sp³-hybridized carbons (Fsp3) is 0.429. The Labute approximate surface area is 355 Å². The van der Waals surface area contributed by atoms with Crippen molar-refractivity contribution in [3.05, 3.63) is 134 Å². The van der Waals surface area contributed by atoms with Crippen molar-refractivity contribution >= 4 is 60.7 Å². The number of hydrogen-bond donors (Lipinski definition) is 0. The first kappa shape index (κ1) is 50.1. The molecule has 0 heterocycles. The van der Waals surface area contributed by atoms with Crippen LogP contribution in [0.15, 0.2) is 97.1 Å². The topological polar surface area (TPSA) is 86.7 Å². The predicted octanol–water partition coefficient (Wildman–Crippen LogP) is 13.2. The maximum absolute atomic E-state index is 13.0. The normalized spacial score (nSPS) is 14.0. The van der Waals surface area contributed by atoms with Gasteiger partial charge in [-0.15, -0.1) is 0 Å². The molecule has 0 N–H and O–H groups in total. The molecule has 0 spiro atoms. The third-order valence-electron chi connectivity index (χ3n) is 8.49. The van der Waals surface area contributed by atoms with Gasteiger partial charge in [0.05, 0.1) is 0 Å². The average Bonchev–Trinajstić information content (AvgIpc) is 3.08. The van der Waals surface area contributed by atoms with E-state index < -0.39 is 71.7 Å². The zero-order valence-electron chi connectivity index (χ0n) is 34.5. The summed E-state index contributed by atoms with van der Waals surface area (Å²) in [5.41, 5.74) is -7.46. The molecule has 0 aliphatic rings. The van der Waals surface area contributed by atoms with Crippen LogP contribution in [0.3, 0.4) is 0 Å². The van der Waals surface area contributed by atoms with Gasteiger partial charge in [0.2, 0.25) is 0 Å². The van der Waals surface area contributed by atoms with Gasteiger partial charge in [0.25, 0.3) is 0 Å². The van der Waals surface area contributed by atoms with E-state index in [2.05, 4.69) is 0 Å². The van der Waals surface area contributed by atoms with Crippen molar-refractivity contribution in [3.8, 4) is 0 Å². The molecule has 0 saturated heterocycles. The van der Waals surface area contributed by atoms with Gasteiger partial charge >= 0.3 is 358 Å². The van der Waals surface area contributed by atoms with Gasteiger partial charge < -0.3 is 0 Å². The second-order valence-corrected chi connectivity index (χ2v) is 30.4. The number of halogens is 8. The van der Waals surface area contributed by atoms with Gasteiger partial charge in [-0.3, -0.25) is 0 Å². The average molecular weight is 1080 g/mol. The molecule has 16 heteroatoms. The Hall–Kier alpha value is -2.26. The van der Waals surface area contributed by atoms with Crippen LogP contribution >= 0.6 is 40.5 Å². The molecule has 0 aliphatic heterocycles. The summed E-state index contributed by atoms with van der Waals surface area (Å²) in [7, 11) is -11.4. The first-order chi connectivity index (χ1) is 26.0. The quantitative estimate of drug-likeness (QED) is 0.0993. The minimum atomic E-state index is -5.70. The Morgan fingerprint density at radius 2 is 0.500 bits per heavy atom. The molecule has 0 radical (unpaired) electrons. The van der Waals surface area contributed by atoms with Gasteiger partial charge in [-0.25, -0.2) is 0 Å². The number of alkyl halides is 6. The molecule has 0 amide bonds. The van der Waals surface area contributed by atoms with Crippen molar-refractivity contribution in [3.63, 3.8) is 0 Å². The van der Waals surface area contributed by atoms with Crippen molar-refractivity contribution in [2.75, 3.05) is 0 Å². The number of rotatable bonds is 8. The van der Waals surface area contributed by atoms with Crippen LogP contribution in [0.2, 0.25) is 0 Å². The van der Waals surface area contributed by atoms with Crippen LogP contribution in [0.5, 0.6) is 0 Å². The van der Waals surface area contributed by atoms with E-state index in [9.17, 15) is 43.2 Å². The van der Waals surface area contributed by atoms with Gasteiger partial charge in [-0.1, -0.05) is 0 Å². The Kier molecular flexibility index (Phi) is 15.5. The second-order valence-electron chi connectivity index (χ2n) is 17.5. The van der Waals surface area contributed by atoms with E-state index in [1.807, 2.05) is 132 Å². The summed E-state index contributed by atoms with van der Waals surface area (Å²) >= 11 is -6.71. The molecule has 0 saturated carbocycles. The molecule has 4 rings (SSSR count). The van der Waals surface area contributed by atoms with Gasteiger partial charge in [0, 0.05) is 0 Å². The summed E-state index contributed by atoms with van der Waals surface area (Å²) < 4.78 is 136. The maximum atomic E-state index is 13.0. The van der Waals surface area contributed by atoms with E-state index in [1.165, 1.54) is 0 Å². The summed E-state index contributed by atoms with van der Waals surface area (Å²) in [5.74, 6) is 0. The van der Waals surface area contributed by atoms with E-state index in [0.29, 0.717) is 14.3 Å².